The first-order chi connectivity index (χ1) is 5.60. The van der Waals surface area contributed by atoms with E-state index in [4.69, 9.17) is 27.4 Å². The van der Waals surface area contributed by atoms with E-state index in [0.717, 1.165) is 0 Å². The van der Waals surface area contributed by atoms with Gasteiger partial charge in [0.25, 0.3) is 0 Å². The molecule has 0 bridgehead atoms. The molecular weight excluding hydrogens is 160 g/mol. The molecule has 0 aliphatic heterocycles. The van der Waals surface area contributed by atoms with E-state index in [2.05, 4.69) is 10.4 Å². The first-order valence-corrected chi connectivity index (χ1v) is 2.64. The molecule has 0 saturated carbocycles. The maximum atomic E-state index is 8.20. The van der Waals surface area contributed by atoms with E-state index < -0.39 is 5.96 Å². The SMILES string of the molecule is N#CN(C#N)N/C(N)=N/C(=N)N. The van der Waals surface area contributed by atoms with Gasteiger partial charge in [-0.05, 0) is 0 Å². The Balaban J connectivity index is 4.20. The highest BCUT2D eigenvalue weighted by Crippen LogP contribution is 1.72. The highest BCUT2D eigenvalue weighted by Gasteiger charge is 1.99. The highest BCUT2D eigenvalue weighted by atomic mass is 15.5. The zero-order chi connectivity index (χ0) is 9.56. The van der Waals surface area contributed by atoms with Crippen molar-refractivity contribution >= 4 is 11.9 Å². The van der Waals surface area contributed by atoms with Crippen LogP contribution in [0.2, 0.25) is 0 Å². The lowest BCUT2D eigenvalue weighted by Gasteiger charge is -2.06. The molecule has 0 saturated heterocycles. The van der Waals surface area contributed by atoms with Crippen LogP contribution in [0, 0.1) is 28.3 Å². The van der Waals surface area contributed by atoms with E-state index in [9.17, 15) is 0 Å². The molecule has 62 valence electrons. The highest BCUT2D eigenvalue weighted by molar-refractivity contribution is 5.91. The molecule has 0 amide bonds. The lowest BCUT2D eigenvalue weighted by molar-refractivity contribution is 0.491. The van der Waals surface area contributed by atoms with E-state index in [0.29, 0.717) is 5.01 Å². The van der Waals surface area contributed by atoms with Gasteiger partial charge in [0.2, 0.25) is 24.3 Å². The molecule has 0 atom stereocenters. The Morgan fingerprint density at radius 2 is 1.92 bits per heavy atom. The van der Waals surface area contributed by atoms with Gasteiger partial charge in [0, 0.05) is 0 Å². The molecule has 6 N–H and O–H groups in total. The Bertz CT molecular complexity index is 262. The number of hydrogen-bond acceptors (Lipinski definition) is 4. The summed E-state index contributed by atoms with van der Waals surface area (Å²) in [5.74, 6) is -0.818. The second-order valence-corrected chi connectivity index (χ2v) is 1.53. The number of rotatable bonds is 1. The van der Waals surface area contributed by atoms with Crippen molar-refractivity contribution in [2.24, 2.45) is 16.5 Å². The summed E-state index contributed by atoms with van der Waals surface area (Å²) in [6, 6.07) is 0. The minimum Gasteiger partial charge on any atom is -0.368 e. The van der Waals surface area contributed by atoms with E-state index in [-0.39, 0.29) is 5.96 Å². The molecule has 0 unspecified atom stereocenters. The second kappa shape index (κ2) is 4.35. The predicted octanol–water partition coefficient (Wildman–Crippen LogP) is -2.04. The number of nitrogens with zero attached hydrogens (tertiary/aromatic N) is 4. The molecule has 0 radical (unpaired) electrons. The third-order valence-corrected chi connectivity index (χ3v) is 0.667. The van der Waals surface area contributed by atoms with Gasteiger partial charge in [-0.25, -0.2) is 5.43 Å². The van der Waals surface area contributed by atoms with Gasteiger partial charge in [0.05, 0.1) is 0 Å². The molecule has 0 fully saturated rings. The fourth-order valence-electron chi connectivity index (χ4n) is 0.342. The largest absolute Gasteiger partial charge is 0.368 e. The van der Waals surface area contributed by atoms with Crippen molar-refractivity contribution in [1.29, 1.82) is 15.9 Å². The predicted molar refractivity (Wildman–Crippen MR) is 39.7 cm³/mol. The molecule has 8 nitrogen and oxygen atoms in total. The normalized spacial score (nSPS) is 9.33. The van der Waals surface area contributed by atoms with Crippen molar-refractivity contribution < 1.29 is 0 Å². The Labute approximate surface area is 68.2 Å². The Kier molecular flexibility index (Phi) is 3.45. The summed E-state index contributed by atoms with van der Waals surface area (Å²) in [7, 11) is 0. The molecule has 0 aromatic heterocycles. The molecular formula is C4H6N8. The van der Waals surface area contributed by atoms with Crippen LogP contribution in [0.15, 0.2) is 4.99 Å². The summed E-state index contributed by atoms with van der Waals surface area (Å²) in [5.41, 5.74) is 12.0. The minimum absolute atomic E-state index is 0.300. The number of nitrogens with one attached hydrogen (secondary N) is 2. The first-order valence-electron chi connectivity index (χ1n) is 2.64. The molecule has 12 heavy (non-hydrogen) atoms. The van der Waals surface area contributed by atoms with Crippen LogP contribution in [0.4, 0.5) is 0 Å². The van der Waals surface area contributed by atoms with Crippen molar-refractivity contribution in [3.05, 3.63) is 0 Å². The van der Waals surface area contributed by atoms with Gasteiger partial charge in [0.1, 0.15) is 0 Å². The Morgan fingerprint density at radius 3 is 2.25 bits per heavy atom. The molecule has 0 aliphatic carbocycles. The molecule has 0 spiro atoms. The van der Waals surface area contributed by atoms with Crippen LogP contribution in [0.3, 0.4) is 0 Å². The summed E-state index contributed by atoms with van der Waals surface area (Å²) in [6.07, 6.45) is 2.89. The van der Waals surface area contributed by atoms with Crippen molar-refractivity contribution in [1.82, 2.24) is 10.4 Å². The zero-order valence-electron chi connectivity index (χ0n) is 5.94. The van der Waals surface area contributed by atoms with E-state index in [1.165, 1.54) is 12.4 Å². The lowest BCUT2D eigenvalue weighted by Crippen LogP contribution is -2.41. The Morgan fingerprint density at radius 1 is 1.42 bits per heavy atom. The van der Waals surface area contributed by atoms with E-state index in [1.54, 1.807) is 0 Å². The van der Waals surface area contributed by atoms with Gasteiger partial charge >= 0.3 is 0 Å². The summed E-state index contributed by atoms with van der Waals surface area (Å²) in [4.78, 5) is 3.21. The lowest BCUT2D eigenvalue weighted by atomic mass is 10.9. The monoisotopic (exact) mass is 166 g/mol. The summed E-state index contributed by atoms with van der Waals surface area (Å²) >= 11 is 0. The fraction of sp³-hybridized carbons (Fsp3) is 0. The topological polar surface area (TPSA) is 151 Å². The Hall–Kier alpha value is -2.48. The van der Waals surface area contributed by atoms with Gasteiger partial charge in [-0.15, -0.1) is 5.01 Å². The van der Waals surface area contributed by atoms with Gasteiger partial charge in [-0.1, -0.05) is 0 Å². The number of guanidine groups is 2. The van der Waals surface area contributed by atoms with Crippen LogP contribution in [0.1, 0.15) is 0 Å². The molecule has 0 rings (SSSR count). The van der Waals surface area contributed by atoms with E-state index in [1.807, 2.05) is 0 Å². The van der Waals surface area contributed by atoms with Crippen molar-refractivity contribution in [3.8, 4) is 12.4 Å². The maximum Gasteiger partial charge on any atom is 0.217 e. The number of aliphatic imine (C=N–C) groups is 1. The third-order valence-electron chi connectivity index (χ3n) is 0.667. The fourth-order valence-corrected chi connectivity index (χ4v) is 0.342. The van der Waals surface area contributed by atoms with Crippen LogP contribution in [0.5, 0.6) is 0 Å². The van der Waals surface area contributed by atoms with Crippen molar-refractivity contribution in [2.75, 3.05) is 0 Å². The van der Waals surface area contributed by atoms with E-state index >= 15 is 0 Å². The van der Waals surface area contributed by atoms with Gasteiger partial charge in [-0.2, -0.15) is 15.5 Å². The molecule has 0 aliphatic rings. The molecule has 0 heterocycles. The summed E-state index contributed by atoms with van der Waals surface area (Å²) < 4.78 is 0. The maximum absolute atomic E-state index is 8.20. The first kappa shape index (κ1) is 9.52. The molecule has 0 aromatic rings. The second-order valence-electron chi connectivity index (χ2n) is 1.53. The average Bonchev–Trinajstić information content (AvgIpc) is 1.98. The molecule has 0 aromatic carbocycles. The average molecular weight is 166 g/mol. The van der Waals surface area contributed by atoms with Crippen LogP contribution in [-0.2, 0) is 0 Å². The zero-order valence-corrected chi connectivity index (χ0v) is 5.94. The van der Waals surface area contributed by atoms with Crippen LogP contribution in [-0.4, -0.2) is 16.9 Å². The summed E-state index contributed by atoms with van der Waals surface area (Å²) in [6.45, 7) is 0. The van der Waals surface area contributed by atoms with Crippen molar-refractivity contribution in [3.63, 3.8) is 0 Å². The van der Waals surface area contributed by atoms with Crippen LogP contribution >= 0.6 is 0 Å². The van der Waals surface area contributed by atoms with Crippen molar-refractivity contribution in [2.45, 2.75) is 0 Å². The molecule has 8 heteroatoms. The number of hydrogen-bond donors (Lipinski definition) is 4. The van der Waals surface area contributed by atoms with Crippen LogP contribution < -0.4 is 16.9 Å². The smallest absolute Gasteiger partial charge is 0.217 e. The number of nitrogens with two attached hydrogens (primary N) is 2. The minimum atomic E-state index is -0.518. The third kappa shape index (κ3) is 3.53. The van der Waals surface area contributed by atoms with Gasteiger partial charge < -0.3 is 11.5 Å². The van der Waals surface area contributed by atoms with Gasteiger partial charge in [-0.3, -0.25) is 5.41 Å². The van der Waals surface area contributed by atoms with Crippen LogP contribution in [0.25, 0.3) is 0 Å². The summed E-state index contributed by atoms with van der Waals surface area (Å²) in [5, 5.41) is 23.5. The quantitative estimate of drug-likeness (QED) is 0.116. The standard InChI is InChI=1S/C4H6N8/c5-1-12(2-6)11-4(9)10-3(7)8/h(H6,7,8,9,10,11). The number of nitriles is 2. The van der Waals surface area contributed by atoms with Gasteiger partial charge in [0.15, 0.2) is 0 Å². The number of hydrazine groups is 1.